The Hall–Kier alpha value is -2.53. The summed E-state index contributed by atoms with van der Waals surface area (Å²) in [5, 5.41) is 1.01. The summed E-state index contributed by atoms with van der Waals surface area (Å²) >= 11 is 1.70. The smallest absolute Gasteiger partial charge is 0.168 e. The van der Waals surface area contributed by atoms with E-state index in [1.165, 1.54) is 5.56 Å². The number of para-hydroxylation sites is 2. The highest BCUT2D eigenvalue weighted by atomic mass is 32.2. The number of aromatic amines is 1. The van der Waals surface area contributed by atoms with Crippen LogP contribution >= 0.6 is 11.8 Å². The van der Waals surface area contributed by atoms with Gasteiger partial charge in [-0.2, -0.15) is 0 Å². The molecule has 0 aliphatic carbocycles. The van der Waals surface area contributed by atoms with Gasteiger partial charge in [-0.3, -0.25) is 0 Å². The van der Waals surface area contributed by atoms with Gasteiger partial charge in [-0.1, -0.05) is 54.2 Å². The monoisotopic (exact) mass is 320 g/mol. The zero-order valence-corrected chi connectivity index (χ0v) is 13.3. The van der Waals surface area contributed by atoms with Gasteiger partial charge in [0.15, 0.2) is 5.16 Å². The van der Waals surface area contributed by atoms with E-state index in [0.29, 0.717) is 0 Å². The molecular formula is C18H16N4S. The molecule has 0 aliphatic rings. The lowest BCUT2D eigenvalue weighted by atomic mass is 10.2. The van der Waals surface area contributed by atoms with Crippen LogP contribution in [0.15, 0.2) is 72.1 Å². The predicted molar refractivity (Wildman–Crippen MR) is 93.4 cm³/mol. The first-order chi connectivity index (χ1) is 11.4. The van der Waals surface area contributed by atoms with Gasteiger partial charge in [0.25, 0.3) is 0 Å². The van der Waals surface area contributed by atoms with E-state index in [1.807, 2.05) is 42.7 Å². The molecule has 0 saturated carbocycles. The summed E-state index contributed by atoms with van der Waals surface area (Å²) in [4.78, 5) is 12.4. The summed E-state index contributed by atoms with van der Waals surface area (Å²) in [6.45, 7) is 0.837. The van der Waals surface area contributed by atoms with Crippen LogP contribution in [-0.2, 0) is 12.3 Å². The van der Waals surface area contributed by atoms with Gasteiger partial charge >= 0.3 is 0 Å². The van der Waals surface area contributed by atoms with Crippen LogP contribution in [-0.4, -0.2) is 19.5 Å². The molecule has 0 saturated heterocycles. The van der Waals surface area contributed by atoms with E-state index in [9.17, 15) is 0 Å². The first-order valence-corrected chi connectivity index (χ1v) is 8.48. The predicted octanol–water partition coefficient (Wildman–Crippen LogP) is 4.10. The Balaban J connectivity index is 1.48. The number of nitrogens with one attached hydrogen (secondary N) is 1. The summed E-state index contributed by atoms with van der Waals surface area (Å²) in [5.74, 6) is 1.76. The third-order valence-corrected chi connectivity index (χ3v) is 4.67. The van der Waals surface area contributed by atoms with E-state index in [2.05, 4.69) is 43.8 Å². The molecular weight excluding hydrogens is 304 g/mol. The van der Waals surface area contributed by atoms with Crippen LogP contribution in [0.2, 0.25) is 0 Å². The highest BCUT2D eigenvalue weighted by molar-refractivity contribution is 7.98. The quantitative estimate of drug-likeness (QED) is 0.563. The van der Waals surface area contributed by atoms with Crippen LogP contribution in [0.25, 0.3) is 11.0 Å². The molecule has 2 aromatic carbocycles. The van der Waals surface area contributed by atoms with E-state index < -0.39 is 0 Å². The minimum absolute atomic E-state index is 0.778. The second kappa shape index (κ2) is 6.30. The molecule has 4 rings (SSSR count). The fourth-order valence-corrected chi connectivity index (χ4v) is 3.37. The van der Waals surface area contributed by atoms with Crippen molar-refractivity contribution in [3.8, 4) is 0 Å². The molecule has 114 valence electrons. The molecule has 0 unspecified atom stereocenters. The van der Waals surface area contributed by atoms with E-state index in [-0.39, 0.29) is 0 Å². The first-order valence-electron chi connectivity index (χ1n) is 7.50. The molecule has 2 aromatic heterocycles. The van der Waals surface area contributed by atoms with Crippen LogP contribution in [0.5, 0.6) is 0 Å². The number of nitrogens with zero attached hydrogens (tertiary/aromatic N) is 3. The minimum Gasteiger partial charge on any atom is -0.341 e. The molecule has 0 atom stereocenters. The Bertz CT molecular complexity index is 878. The van der Waals surface area contributed by atoms with Gasteiger partial charge in [0.05, 0.1) is 16.8 Å². The number of benzene rings is 2. The van der Waals surface area contributed by atoms with Gasteiger partial charge < -0.3 is 9.55 Å². The molecule has 2 heterocycles. The van der Waals surface area contributed by atoms with Crippen molar-refractivity contribution in [3.05, 3.63) is 78.4 Å². The van der Waals surface area contributed by atoms with Gasteiger partial charge in [-0.25, -0.2) is 9.97 Å². The third kappa shape index (κ3) is 3.14. The lowest BCUT2D eigenvalue weighted by molar-refractivity contribution is 0.708. The fraction of sp³-hybridized carbons (Fsp3) is 0.111. The van der Waals surface area contributed by atoms with E-state index in [4.69, 9.17) is 0 Å². The summed E-state index contributed by atoms with van der Waals surface area (Å²) in [6.07, 6.45) is 3.87. The van der Waals surface area contributed by atoms with Gasteiger partial charge in [0.1, 0.15) is 5.82 Å². The number of imidazole rings is 2. The summed E-state index contributed by atoms with van der Waals surface area (Å²) in [6, 6.07) is 18.5. The lowest BCUT2D eigenvalue weighted by Gasteiger charge is -2.06. The molecule has 0 amide bonds. The Morgan fingerprint density at radius 2 is 1.83 bits per heavy atom. The van der Waals surface area contributed by atoms with Crippen molar-refractivity contribution < 1.29 is 0 Å². The van der Waals surface area contributed by atoms with Crippen LogP contribution in [0.4, 0.5) is 0 Å². The Labute approximate surface area is 138 Å². The molecule has 23 heavy (non-hydrogen) atoms. The molecule has 1 N–H and O–H groups in total. The minimum atomic E-state index is 0.778. The summed E-state index contributed by atoms with van der Waals surface area (Å²) in [7, 11) is 0. The normalized spacial score (nSPS) is 11.1. The number of hydrogen-bond acceptors (Lipinski definition) is 3. The van der Waals surface area contributed by atoms with Crippen LogP contribution in [0.1, 0.15) is 11.4 Å². The van der Waals surface area contributed by atoms with Crippen molar-refractivity contribution in [3.63, 3.8) is 0 Å². The highest BCUT2D eigenvalue weighted by Crippen LogP contribution is 2.22. The lowest BCUT2D eigenvalue weighted by Crippen LogP contribution is -2.00. The Morgan fingerprint density at radius 3 is 2.70 bits per heavy atom. The van der Waals surface area contributed by atoms with Crippen molar-refractivity contribution in [2.75, 3.05) is 0 Å². The first kappa shape index (κ1) is 14.1. The second-order valence-corrected chi connectivity index (χ2v) is 6.26. The SMILES string of the molecule is c1ccc(Cn2ccnc2SCc2nc3ccccc3[nH]2)cc1. The molecule has 0 radical (unpaired) electrons. The molecule has 0 spiro atoms. The number of aromatic nitrogens is 4. The average molecular weight is 320 g/mol. The van der Waals surface area contributed by atoms with Gasteiger partial charge in [0.2, 0.25) is 0 Å². The van der Waals surface area contributed by atoms with Crippen molar-refractivity contribution in [1.29, 1.82) is 0 Å². The molecule has 4 aromatic rings. The van der Waals surface area contributed by atoms with Crippen LogP contribution in [0.3, 0.4) is 0 Å². The van der Waals surface area contributed by atoms with E-state index in [1.54, 1.807) is 11.8 Å². The standard InChI is InChI=1S/C18H16N4S/c1-2-6-14(7-3-1)12-22-11-10-19-18(22)23-13-17-20-15-8-4-5-9-16(15)21-17/h1-11H,12-13H2,(H,20,21). The van der Waals surface area contributed by atoms with Crippen molar-refractivity contribution in [1.82, 2.24) is 19.5 Å². The van der Waals surface area contributed by atoms with Crippen molar-refractivity contribution in [2.24, 2.45) is 0 Å². The van der Waals surface area contributed by atoms with Gasteiger partial charge in [-0.05, 0) is 17.7 Å². The largest absolute Gasteiger partial charge is 0.341 e. The zero-order valence-electron chi connectivity index (χ0n) is 12.5. The number of H-pyrrole nitrogens is 1. The average Bonchev–Trinajstić information content (AvgIpc) is 3.20. The number of rotatable bonds is 5. The van der Waals surface area contributed by atoms with Crippen molar-refractivity contribution >= 4 is 22.8 Å². The highest BCUT2D eigenvalue weighted by Gasteiger charge is 2.07. The summed E-state index contributed by atoms with van der Waals surface area (Å²) in [5.41, 5.74) is 3.36. The third-order valence-electron chi connectivity index (χ3n) is 3.65. The molecule has 5 heteroatoms. The molecule has 4 nitrogen and oxygen atoms in total. The molecule has 0 bridgehead atoms. The number of hydrogen-bond donors (Lipinski definition) is 1. The molecule has 0 fully saturated rings. The van der Waals surface area contributed by atoms with E-state index in [0.717, 1.165) is 34.3 Å². The molecule has 0 aliphatic heterocycles. The maximum absolute atomic E-state index is 4.61. The van der Waals surface area contributed by atoms with Crippen LogP contribution in [0, 0.1) is 0 Å². The Kier molecular flexibility index (Phi) is 3.86. The maximum Gasteiger partial charge on any atom is 0.168 e. The second-order valence-electron chi connectivity index (χ2n) is 5.31. The van der Waals surface area contributed by atoms with Crippen molar-refractivity contribution in [2.45, 2.75) is 17.5 Å². The number of thioether (sulfide) groups is 1. The Morgan fingerprint density at radius 1 is 1.00 bits per heavy atom. The number of fused-ring (bicyclic) bond motifs is 1. The topological polar surface area (TPSA) is 46.5 Å². The maximum atomic E-state index is 4.61. The van der Waals surface area contributed by atoms with E-state index >= 15 is 0 Å². The van der Waals surface area contributed by atoms with Gasteiger partial charge in [0, 0.05) is 18.9 Å². The fourth-order valence-electron chi connectivity index (χ4n) is 2.54. The zero-order chi connectivity index (χ0) is 15.5. The van der Waals surface area contributed by atoms with Gasteiger partial charge in [-0.15, -0.1) is 0 Å². The van der Waals surface area contributed by atoms with Crippen LogP contribution < -0.4 is 0 Å². The summed E-state index contributed by atoms with van der Waals surface area (Å²) < 4.78 is 2.17.